The van der Waals surface area contributed by atoms with Crippen LogP contribution in [-0.2, 0) is 4.79 Å². The van der Waals surface area contributed by atoms with E-state index in [-0.39, 0.29) is 24.4 Å². The fourth-order valence-corrected chi connectivity index (χ4v) is 2.21. The van der Waals surface area contributed by atoms with E-state index in [0.717, 1.165) is 17.7 Å². The molecule has 120 valence electrons. The zero-order valence-electron chi connectivity index (χ0n) is 12.9. The van der Waals surface area contributed by atoms with Gasteiger partial charge in [-0.1, -0.05) is 25.5 Å². The molecule has 2 aromatic rings. The predicted molar refractivity (Wildman–Crippen MR) is 90.3 cm³/mol. The Morgan fingerprint density at radius 3 is 2.86 bits per heavy atom. The van der Waals surface area contributed by atoms with Gasteiger partial charge >= 0.3 is 0 Å². The van der Waals surface area contributed by atoms with Gasteiger partial charge in [0.15, 0.2) is 0 Å². The highest BCUT2D eigenvalue weighted by Gasteiger charge is 2.16. The van der Waals surface area contributed by atoms with E-state index in [1.807, 2.05) is 48.9 Å². The topological polar surface area (TPSA) is 72.9 Å². The molecule has 2 rings (SSSR count). The number of hydrogen-bond donors (Lipinski definition) is 2. The summed E-state index contributed by atoms with van der Waals surface area (Å²) in [5.74, 6) is -0.0996. The van der Waals surface area contributed by atoms with E-state index in [0.29, 0.717) is 6.42 Å². The molecule has 0 aliphatic rings. The Kier molecular flexibility index (Phi) is 7.08. The molecule has 0 aliphatic heterocycles. The summed E-state index contributed by atoms with van der Waals surface area (Å²) in [7, 11) is 0. The number of aromatic nitrogens is 2. The summed E-state index contributed by atoms with van der Waals surface area (Å²) in [5.41, 5.74) is 7.89. The van der Waals surface area contributed by atoms with Gasteiger partial charge in [-0.05, 0) is 31.0 Å². The fraction of sp³-hybridized carbons (Fsp3) is 0.375. The number of carbonyl (C=O) groups excluding carboxylic acids is 1. The molecule has 0 saturated carbocycles. The molecule has 22 heavy (non-hydrogen) atoms. The van der Waals surface area contributed by atoms with E-state index in [4.69, 9.17) is 5.73 Å². The lowest BCUT2D eigenvalue weighted by atomic mass is 10.1. The van der Waals surface area contributed by atoms with Crippen molar-refractivity contribution in [1.29, 1.82) is 0 Å². The maximum atomic E-state index is 12.0. The molecule has 5 nitrogen and oxygen atoms in total. The predicted octanol–water partition coefficient (Wildman–Crippen LogP) is 2.60. The molecule has 0 radical (unpaired) electrons. The molecule has 0 bridgehead atoms. The summed E-state index contributed by atoms with van der Waals surface area (Å²) >= 11 is 0. The SMILES string of the molecule is CCCC(N)C(=O)NC(C)c1cccc(-n2ccnc2)c1.Cl. The van der Waals surface area contributed by atoms with Gasteiger partial charge in [0.2, 0.25) is 5.91 Å². The minimum Gasteiger partial charge on any atom is -0.348 e. The first-order valence-corrected chi connectivity index (χ1v) is 7.26. The highest BCUT2D eigenvalue weighted by Crippen LogP contribution is 2.17. The number of imidazole rings is 1. The van der Waals surface area contributed by atoms with E-state index >= 15 is 0 Å². The maximum absolute atomic E-state index is 12.0. The van der Waals surface area contributed by atoms with Crippen molar-refractivity contribution >= 4 is 18.3 Å². The van der Waals surface area contributed by atoms with Gasteiger partial charge in [0.1, 0.15) is 0 Å². The van der Waals surface area contributed by atoms with E-state index in [9.17, 15) is 4.79 Å². The number of nitrogens with one attached hydrogen (secondary N) is 1. The van der Waals surface area contributed by atoms with Crippen molar-refractivity contribution in [2.75, 3.05) is 0 Å². The summed E-state index contributed by atoms with van der Waals surface area (Å²) in [6.45, 7) is 3.98. The smallest absolute Gasteiger partial charge is 0.237 e. The first-order chi connectivity index (χ1) is 10.1. The molecule has 3 N–H and O–H groups in total. The Labute approximate surface area is 137 Å². The van der Waals surface area contributed by atoms with Gasteiger partial charge < -0.3 is 15.6 Å². The number of nitrogens with zero attached hydrogens (tertiary/aromatic N) is 2. The Balaban J connectivity index is 0.00000242. The number of nitrogens with two attached hydrogens (primary N) is 1. The van der Waals surface area contributed by atoms with Crippen LogP contribution >= 0.6 is 12.4 Å². The lowest BCUT2D eigenvalue weighted by Gasteiger charge is -2.18. The number of rotatable bonds is 6. The second-order valence-corrected chi connectivity index (χ2v) is 5.19. The Hall–Kier alpha value is -1.85. The van der Waals surface area contributed by atoms with Crippen LogP contribution in [0.3, 0.4) is 0 Å². The van der Waals surface area contributed by atoms with Gasteiger partial charge in [-0.15, -0.1) is 12.4 Å². The summed E-state index contributed by atoms with van der Waals surface area (Å²) in [5, 5.41) is 2.96. The molecule has 2 unspecified atom stereocenters. The minimum atomic E-state index is -0.436. The van der Waals surface area contributed by atoms with Gasteiger partial charge in [-0.3, -0.25) is 4.79 Å². The second-order valence-electron chi connectivity index (χ2n) is 5.19. The standard InChI is InChI=1S/C16H22N4O.ClH/c1-3-5-15(17)16(21)19-12(2)13-6-4-7-14(10-13)20-9-8-18-11-20;/h4,6-12,15H,3,5,17H2,1-2H3,(H,19,21);1H. The average Bonchev–Trinajstić information content (AvgIpc) is 3.01. The van der Waals surface area contributed by atoms with Crippen molar-refractivity contribution < 1.29 is 4.79 Å². The molecule has 0 fully saturated rings. The number of amides is 1. The largest absolute Gasteiger partial charge is 0.348 e. The maximum Gasteiger partial charge on any atom is 0.237 e. The molecule has 1 aromatic heterocycles. The van der Waals surface area contributed by atoms with Crippen LogP contribution in [0, 0.1) is 0 Å². The molecule has 0 saturated heterocycles. The first-order valence-electron chi connectivity index (χ1n) is 7.26. The third kappa shape index (κ3) is 4.58. The summed E-state index contributed by atoms with van der Waals surface area (Å²) < 4.78 is 1.93. The highest BCUT2D eigenvalue weighted by molar-refractivity contribution is 5.85. The Morgan fingerprint density at radius 1 is 1.45 bits per heavy atom. The van der Waals surface area contributed by atoms with Crippen LogP contribution in [-0.4, -0.2) is 21.5 Å². The van der Waals surface area contributed by atoms with E-state index in [1.54, 1.807) is 12.5 Å². The minimum absolute atomic E-state index is 0. The van der Waals surface area contributed by atoms with Crippen LogP contribution in [0.4, 0.5) is 0 Å². The van der Waals surface area contributed by atoms with Crippen molar-refractivity contribution in [2.45, 2.75) is 38.8 Å². The Bertz CT molecular complexity index is 586. The molecule has 1 amide bonds. The number of halogens is 1. The molecular formula is C16H23ClN4O. The number of carbonyl (C=O) groups is 1. The molecular weight excluding hydrogens is 300 g/mol. The van der Waals surface area contributed by atoms with Crippen LogP contribution in [0.25, 0.3) is 5.69 Å². The van der Waals surface area contributed by atoms with E-state index in [1.165, 1.54) is 0 Å². The lowest BCUT2D eigenvalue weighted by molar-refractivity contribution is -0.123. The zero-order valence-corrected chi connectivity index (χ0v) is 13.7. The number of benzene rings is 1. The monoisotopic (exact) mass is 322 g/mol. The number of hydrogen-bond acceptors (Lipinski definition) is 3. The van der Waals surface area contributed by atoms with Crippen LogP contribution < -0.4 is 11.1 Å². The van der Waals surface area contributed by atoms with E-state index < -0.39 is 6.04 Å². The Morgan fingerprint density at radius 2 is 2.23 bits per heavy atom. The van der Waals surface area contributed by atoms with Crippen molar-refractivity contribution in [3.8, 4) is 5.69 Å². The average molecular weight is 323 g/mol. The third-order valence-electron chi connectivity index (χ3n) is 3.47. The molecule has 1 heterocycles. The van der Waals surface area contributed by atoms with Gasteiger partial charge in [0.05, 0.1) is 18.4 Å². The van der Waals surface area contributed by atoms with Crippen LogP contribution in [0.15, 0.2) is 43.0 Å². The molecule has 1 aromatic carbocycles. The fourth-order valence-electron chi connectivity index (χ4n) is 2.21. The zero-order chi connectivity index (χ0) is 15.2. The van der Waals surface area contributed by atoms with Gasteiger partial charge in [0, 0.05) is 18.1 Å². The normalized spacial score (nSPS) is 13.0. The van der Waals surface area contributed by atoms with Crippen LogP contribution in [0.2, 0.25) is 0 Å². The van der Waals surface area contributed by atoms with Gasteiger partial charge in [0.25, 0.3) is 0 Å². The first kappa shape index (κ1) is 18.2. The third-order valence-corrected chi connectivity index (χ3v) is 3.47. The van der Waals surface area contributed by atoms with Gasteiger partial charge in [-0.25, -0.2) is 4.98 Å². The molecule has 2 atom stereocenters. The van der Waals surface area contributed by atoms with Gasteiger partial charge in [-0.2, -0.15) is 0 Å². The van der Waals surface area contributed by atoms with Crippen molar-refractivity contribution in [3.63, 3.8) is 0 Å². The molecule has 0 aliphatic carbocycles. The summed E-state index contributed by atoms with van der Waals surface area (Å²) in [6, 6.07) is 7.49. The highest BCUT2D eigenvalue weighted by atomic mass is 35.5. The van der Waals surface area contributed by atoms with Crippen LogP contribution in [0.1, 0.15) is 38.3 Å². The van der Waals surface area contributed by atoms with Crippen molar-refractivity contribution in [2.24, 2.45) is 5.73 Å². The quantitative estimate of drug-likeness (QED) is 0.858. The lowest BCUT2D eigenvalue weighted by Crippen LogP contribution is -2.41. The van der Waals surface area contributed by atoms with Crippen molar-refractivity contribution in [1.82, 2.24) is 14.9 Å². The molecule has 6 heteroatoms. The van der Waals surface area contributed by atoms with E-state index in [2.05, 4.69) is 10.3 Å². The van der Waals surface area contributed by atoms with Crippen molar-refractivity contribution in [3.05, 3.63) is 48.5 Å². The summed E-state index contributed by atoms with van der Waals surface area (Å²) in [6.07, 6.45) is 6.98. The second kappa shape index (κ2) is 8.56. The molecule has 0 spiro atoms. The van der Waals surface area contributed by atoms with Crippen LogP contribution in [0.5, 0.6) is 0 Å². The summed E-state index contributed by atoms with van der Waals surface area (Å²) in [4.78, 5) is 16.0.